The number of nitrogens with zero attached hydrogens (tertiary/aromatic N) is 2. The van der Waals surface area contributed by atoms with E-state index in [1.165, 1.54) is 0 Å². The Kier molecular flexibility index (Phi) is 4.33. The monoisotopic (exact) mass is 395 g/mol. The summed E-state index contributed by atoms with van der Waals surface area (Å²) in [6.45, 7) is 4.35. The molecule has 2 saturated carbocycles. The maximum atomic E-state index is 10.8. The van der Waals surface area contributed by atoms with Gasteiger partial charge >= 0.3 is 0 Å². The van der Waals surface area contributed by atoms with Gasteiger partial charge in [0.15, 0.2) is 5.82 Å². The molecule has 2 aromatic rings. The largest absolute Gasteiger partial charge is 0.507 e. The van der Waals surface area contributed by atoms with Gasteiger partial charge in [-0.15, -0.1) is 10.2 Å². The number of benzene rings is 1. The molecule has 3 aliphatic rings. The van der Waals surface area contributed by atoms with Crippen molar-refractivity contribution in [3.63, 3.8) is 0 Å². The zero-order valence-corrected chi connectivity index (χ0v) is 17.2. The van der Waals surface area contributed by atoms with E-state index in [1.807, 2.05) is 26.0 Å². The minimum absolute atomic E-state index is 0.0508. The fourth-order valence-electron chi connectivity index (χ4n) is 4.79. The molecular formula is C23H29N3O3. The Bertz CT molecular complexity index is 953. The van der Waals surface area contributed by atoms with Gasteiger partial charge in [-0.25, -0.2) is 0 Å². The Morgan fingerprint density at radius 1 is 1.14 bits per heavy atom. The number of hydrogen-bond acceptors (Lipinski definition) is 6. The number of aliphatic hydroxyl groups is 1. The van der Waals surface area contributed by atoms with Crippen LogP contribution >= 0.6 is 0 Å². The van der Waals surface area contributed by atoms with Gasteiger partial charge in [0.2, 0.25) is 0 Å². The molecule has 5 rings (SSSR count). The summed E-state index contributed by atoms with van der Waals surface area (Å²) in [5, 5.41) is 33.9. The summed E-state index contributed by atoms with van der Waals surface area (Å²) in [5.41, 5.74) is 3.76. The third-order valence-corrected chi connectivity index (χ3v) is 6.91. The summed E-state index contributed by atoms with van der Waals surface area (Å²) in [6, 6.07) is 5.62. The summed E-state index contributed by atoms with van der Waals surface area (Å²) in [5.74, 6) is 0.937. The Morgan fingerprint density at radius 3 is 2.69 bits per heavy atom. The third kappa shape index (κ3) is 3.38. The first-order valence-corrected chi connectivity index (χ1v) is 10.7. The Labute approximate surface area is 171 Å². The van der Waals surface area contributed by atoms with Gasteiger partial charge in [0.25, 0.3) is 0 Å². The molecule has 6 nitrogen and oxygen atoms in total. The van der Waals surface area contributed by atoms with Gasteiger partial charge in [-0.3, -0.25) is 0 Å². The van der Waals surface area contributed by atoms with Crippen molar-refractivity contribution >= 4 is 5.82 Å². The van der Waals surface area contributed by atoms with Crippen molar-refractivity contribution in [1.82, 2.24) is 10.2 Å². The van der Waals surface area contributed by atoms with Gasteiger partial charge < -0.3 is 20.3 Å². The average molecular weight is 396 g/mol. The Morgan fingerprint density at radius 2 is 1.97 bits per heavy atom. The number of nitrogens with one attached hydrogen (secondary N) is 1. The second-order valence-corrected chi connectivity index (χ2v) is 9.32. The van der Waals surface area contributed by atoms with Crippen LogP contribution in [0, 0.1) is 6.92 Å². The quantitative estimate of drug-likeness (QED) is 0.731. The molecule has 0 bridgehead atoms. The molecule has 2 aliphatic carbocycles. The highest BCUT2D eigenvalue weighted by atomic mass is 16.5. The standard InChI is InChI=1S/C23H29N3O3/c1-14-6-7-15(18(27)11-14)20-16-12-23(9-10-23)29-13-17(16)21(26-25-20)24-19-5-3-4-8-22(19,2)28/h6-7,11,19,27-28H,3-5,8-10,12-13H2,1-2H3,(H,24,26)/t19-,22+/m1/s1. The highest BCUT2D eigenvalue weighted by molar-refractivity contribution is 5.73. The highest BCUT2D eigenvalue weighted by Gasteiger charge is 2.48. The fourth-order valence-corrected chi connectivity index (χ4v) is 4.79. The van der Waals surface area contributed by atoms with Gasteiger partial charge in [-0.1, -0.05) is 18.9 Å². The predicted molar refractivity (Wildman–Crippen MR) is 111 cm³/mol. The zero-order chi connectivity index (χ0) is 20.2. The van der Waals surface area contributed by atoms with Crippen molar-refractivity contribution in [1.29, 1.82) is 0 Å². The molecule has 1 aliphatic heterocycles. The number of phenolic OH excluding ortho intramolecular Hbond substituents is 1. The van der Waals surface area contributed by atoms with Crippen molar-refractivity contribution in [2.75, 3.05) is 5.32 Å². The molecule has 1 aromatic heterocycles. The van der Waals surface area contributed by atoms with Crippen molar-refractivity contribution in [2.45, 2.75) is 82.6 Å². The van der Waals surface area contributed by atoms with Crippen LogP contribution in [-0.4, -0.2) is 37.7 Å². The number of aromatic hydroxyl groups is 1. The molecule has 1 spiro atoms. The molecule has 0 saturated heterocycles. The second-order valence-electron chi connectivity index (χ2n) is 9.32. The van der Waals surface area contributed by atoms with Gasteiger partial charge in [0.1, 0.15) is 11.4 Å². The number of hydrogen-bond donors (Lipinski definition) is 3. The third-order valence-electron chi connectivity index (χ3n) is 6.91. The lowest BCUT2D eigenvalue weighted by Gasteiger charge is -2.38. The lowest BCUT2D eigenvalue weighted by molar-refractivity contribution is 0.00568. The van der Waals surface area contributed by atoms with Crippen molar-refractivity contribution in [2.24, 2.45) is 0 Å². The van der Waals surface area contributed by atoms with Crippen LogP contribution in [0.4, 0.5) is 5.82 Å². The first-order chi connectivity index (χ1) is 13.9. The molecular weight excluding hydrogens is 366 g/mol. The Balaban J connectivity index is 1.56. The molecule has 2 heterocycles. The van der Waals surface area contributed by atoms with Gasteiger partial charge in [0, 0.05) is 17.5 Å². The average Bonchev–Trinajstić information content (AvgIpc) is 3.42. The predicted octanol–water partition coefficient (Wildman–Crippen LogP) is 3.87. The summed E-state index contributed by atoms with van der Waals surface area (Å²) in [4.78, 5) is 0. The van der Waals surface area contributed by atoms with Crippen LogP contribution in [-0.2, 0) is 17.8 Å². The SMILES string of the molecule is Cc1ccc(-c2nnc(N[C@@H]3CCCC[C@]3(C)O)c3c2CC2(CC2)OC3)c(O)c1. The lowest BCUT2D eigenvalue weighted by atomic mass is 9.81. The number of fused-ring (bicyclic) bond motifs is 1. The number of aryl methyl sites for hydroxylation is 1. The van der Waals surface area contributed by atoms with E-state index in [1.54, 1.807) is 6.07 Å². The minimum atomic E-state index is -0.756. The molecule has 29 heavy (non-hydrogen) atoms. The molecule has 2 atom stereocenters. The maximum Gasteiger partial charge on any atom is 0.154 e. The van der Waals surface area contributed by atoms with E-state index in [0.29, 0.717) is 18.0 Å². The molecule has 3 N–H and O–H groups in total. The number of phenols is 1. The van der Waals surface area contributed by atoms with Crippen LogP contribution in [0.2, 0.25) is 0 Å². The highest BCUT2D eigenvalue weighted by Crippen LogP contribution is 2.49. The van der Waals surface area contributed by atoms with Crippen LogP contribution in [0.3, 0.4) is 0 Å². The molecule has 0 radical (unpaired) electrons. The van der Waals surface area contributed by atoms with Crippen LogP contribution in [0.5, 0.6) is 5.75 Å². The number of ether oxygens (including phenoxy) is 1. The molecule has 1 aromatic carbocycles. The summed E-state index contributed by atoms with van der Waals surface area (Å²) >= 11 is 0. The number of anilines is 1. The Hall–Kier alpha value is -2.18. The molecule has 0 amide bonds. The van der Waals surface area contributed by atoms with E-state index in [-0.39, 0.29) is 17.4 Å². The summed E-state index contributed by atoms with van der Waals surface area (Å²) in [6.07, 6.45) is 6.76. The normalized spacial score (nSPS) is 27.5. The van der Waals surface area contributed by atoms with Crippen molar-refractivity contribution in [3.8, 4) is 17.0 Å². The second kappa shape index (κ2) is 6.67. The van der Waals surface area contributed by atoms with E-state index in [0.717, 1.165) is 67.3 Å². The van der Waals surface area contributed by atoms with E-state index in [9.17, 15) is 10.2 Å². The van der Waals surface area contributed by atoms with Crippen LogP contribution in [0.1, 0.15) is 62.1 Å². The summed E-state index contributed by atoms with van der Waals surface area (Å²) in [7, 11) is 0. The van der Waals surface area contributed by atoms with Gasteiger partial charge in [-0.05, 0) is 62.8 Å². The smallest absolute Gasteiger partial charge is 0.154 e. The molecule has 0 unspecified atom stereocenters. The molecule has 6 heteroatoms. The van der Waals surface area contributed by atoms with Crippen LogP contribution in [0.15, 0.2) is 18.2 Å². The first-order valence-electron chi connectivity index (χ1n) is 10.7. The van der Waals surface area contributed by atoms with Gasteiger partial charge in [-0.2, -0.15) is 0 Å². The van der Waals surface area contributed by atoms with Crippen molar-refractivity contribution < 1.29 is 14.9 Å². The van der Waals surface area contributed by atoms with E-state index in [4.69, 9.17) is 4.74 Å². The molecule has 2 fully saturated rings. The molecule has 154 valence electrons. The maximum absolute atomic E-state index is 10.8. The summed E-state index contributed by atoms with van der Waals surface area (Å²) < 4.78 is 6.19. The van der Waals surface area contributed by atoms with Crippen molar-refractivity contribution in [3.05, 3.63) is 34.9 Å². The lowest BCUT2D eigenvalue weighted by Crippen LogP contribution is -2.47. The van der Waals surface area contributed by atoms with E-state index < -0.39 is 5.60 Å². The first kappa shape index (κ1) is 18.8. The topological polar surface area (TPSA) is 87.5 Å². The minimum Gasteiger partial charge on any atom is -0.507 e. The van der Waals surface area contributed by atoms with E-state index >= 15 is 0 Å². The van der Waals surface area contributed by atoms with Gasteiger partial charge in [0.05, 0.1) is 23.9 Å². The fraction of sp³-hybridized carbons (Fsp3) is 0.565. The van der Waals surface area contributed by atoms with Crippen LogP contribution < -0.4 is 5.32 Å². The number of rotatable bonds is 3. The van der Waals surface area contributed by atoms with Crippen LogP contribution in [0.25, 0.3) is 11.3 Å². The zero-order valence-electron chi connectivity index (χ0n) is 17.2. The van der Waals surface area contributed by atoms with E-state index in [2.05, 4.69) is 15.5 Å². The number of aromatic nitrogens is 2.